The fourth-order valence-electron chi connectivity index (χ4n) is 0.671. The number of hydrogen-bond donors (Lipinski definition) is 2. The van der Waals surface area contributed by atoms with E-state index >= 15 is 0 Å². The summed E-state index contributed by atoms with van der Waals surface area (Å²) < 4.78 is 0. The molecular weight excluding hydrogens is 200 g/mol. The Morgan fingerprint density at radius 1 is 0.812 bits per heavy atom. The highest BCUT2D eigenvalue weighted by Crippen LogP contribution is 1.84. The monoisotopic (exact) mass is 224 g/mol. The second-order valence-electron chi connectivity index (χ2n) is 3.36. The molecule has 0 spiro atoms. The molecular formula is C12H24N4. The topological polar surface area (TPSA) is 54.2 Å². The molecule has 0 radical (unpaired) electrons. The lowest BCUT2D eigenvalue weighted by atomic mass is 10.5. The van der Waals surface area contributed by atoms with Gasteiger partial charge >= 0.3 is 0 Å². The van der Waals surface area contributed by atoms with Crippen LogP contribution in [0.2, 0.25) is 0 Å². The average Bonchev–Trinajstić information content (AvgIpc) is 2.19. The molecule has 0 aromatic rings. The predicted molar refractivity (Wildman–Crippen MR) is 72.0 cm³/mol. The Labute approximate surface area is 99.3 Å². The first-order valence-corrected chi connectivity index (χ1v) is 5.18. The van der Waals surface area contributed by atoms with Crippen molar-refractivity contribution in [2.75, 3.05) is 14.1 Å². The summed E-state index contributed by atoms with van der Waals surface area (Å²) in [5.41, 5.74) is 0. The minimum atomic E-state index is 0.558. The van der Waals surface area contributed by atoms with E-state index in [2.05, 4.69) is 0 Å². The lowest BCUT2D eigenvalue weighted by molar-refractivity contribution is 0.676. The second kappa shape index (κ2) is 9.96. The number of amidine groups is 2. The van der Waals surface area contributed by atoms with Crippen LogP contribution in [0.25, 0.3) is 0 Å². The Morgan fingerprint density at radius 2 is 1.06 bits per heavy atom. The van der Waals surface area contributed by atoms with Gasteiger partial charge in [-0.3, -0.25) is 10.8 Å². The largest absolute Gasteiger partial charge is 0.341 e. The third-order valence-electron chi connectivity index (χ3n) is 1.80. The molecule has 0 aliphatic carbocycles. The van der Waals surface area contributed by atoms with Crippen LogP contribution in [0.1, 0.15) is 27.7 Å². The Kier molecular flexibility index (Phi) is 10.5. The van der Waals surface area contributed by atoms with Crippen molar-refractivity contribution in [1.29, 1.82) is 10.8 Å². The van der Waals surface area contributed by atoms with Gasteiger partial charge in [0.25, 0.3) is 0 Å². The molecule has 0 unspecified atom stereocenters. The standard InChI is InChI=1S/2C6H12N2/c2*1-4-5-8(3)6(2)7/h2*4-5,7H,1-3H3/b2*5-4+,7-6?. The summed E-state index contributed by atoms with van der Waals surface area (Å²) in [6, 6.07) is 0. The van der Waals surface area contributed by atoms with Gasteiger partial charge in [0.05, 0.1) is 11.7 Å². The summed E-state index contributed by atoms with van der Waals surface area (Å²) in [6.07, 6.45) is 7.50. The van der Waals surface area contributed by atoms with Crippen LogP contribution in [0, 0.1) is 10.8 Å². The predicted octanol–water partition coefficient (Wildman–Crippen LogP) is 2.90. The van der Waals surface area contributed by atoms with Crippen molar-refractivity contribution in [2.24, 2.45) is 0 Å². The van der Waals surface area contributed by atoms with Crippen LogP contribution in [0.15, 0.2) is 24.6 Å². The van der Waals surface area contributed by atoms with Crippen molar-refractivity contribution >= 4 is 11.7 Å². The molecule has 0 fully saturated rings. The summed E-state index contributed by atoms with van der Waals surface area (Å²) in [5.74, 6) is 1.12. The maximum atomic E-state index is 7.08. The first-order valence-electron chi connectivity index (χ1n) is 5.18. The summed E-state index contributed by atoms with van der Waals surface area (Å²) in [5, 5.41) is 14.2. The van der Waals surface area contributed by atoms with E-state index in [9.17, 15) is 0 Å². The van der Waals surface area contributed by atoms with Gasteiger partial charge in [-0.2, -0.15) is 0 Å². The molecule has 0 bridgehead atoms. The molecule has 2 N–H and O–H groups in total. The van der Waals surface area contributed by atoms with E-state index in [1.54, 1.807) is 23.6 Å². The number of hydrogen-bond acceptors (Lipinski definition) is 2. The van der Waals surface area contributed by atoms with E-state index in [-0.39, 0.29) is 0 Å². The summed E-state index contributed by atoms with van der Waals surface area (Å²) in [4.78, 5) is 3.50. The lowest BCUT2D eigenvalue weighted by Crippen LogP contribution is -2.15. The van der Waals surface area contributed by atoms with Crippen LogP contribution in [-0.2, 0) is 0 Å². The van der Waals surface area contributed by atoms with Gasteiger partial charge in [-0.1, -0.05) is 12.2 Å². The van der Waals surface area contributed by atoms with Gasteiger partial charge in [-0.15, -0.1) is 0 Å². The Bertz CT molecular complexity index is 238. The van der Waals surface area contributed by atoms with Gasteiger partial charge in [0.15, 0.2) is 0 Å². The zero-order valence-corrected chi connectivity index (χ0v) is 11.2. The van der Waals surface area contributed by atoms with Gasteiger partial charge in [-0.05, 0) is 27.7 Å². The fourth-order valence-corrected chi connectivity index (χ4v) is 0.671. The normalized spacial score (nSPS) is 9.88. The highest BCUT2D eigenvalue weighted by molar-refractivity contribution is 5.77. The highest BCUT2D eigenvalue weighted by atomic mass is 15.1. The number of nitrogens with zero attached hydrogens (tertiary/aromatic N) is 2. The van der Waals surface area contributed by atoms with Crippen molar-refractivity contribution in [3.8, 4) is 0 Å². The van der Waals surface area contributed by atoms with E-state index in [0.29, 0.717) is 11.7 Å². The number of allylic oxidation sites excluding steroid dienone is 2. The first kappa shape index (κ1) is 16.8. The molecule has 0 amide bonds. The van der Waals surface area contributed by atoms with E-state index in [1.165, 1.54) is 0 Å². The SMILES string of the molecule is C/C=C/N(C)C(C)=N.C/C=C/N(C)C(C)=N. The first-order chi connectivity index (χ1) is 7.36. The van der Waals surface area contributed by atoms with Crippen LogP contribution in [0.4, 0.5) is 0 Å². The van der Waals surface area contributed by atoms with Crippen molar-refractivity contribution in [3.05, 3.63) is 24.6 Å². The molecule has 0 atom stereocenters. The summed E-state index contributed by atoms with van der Waals surface area (Å²) in [6.45, 7) is 7.36. The third kappa shape index (κ3) is 10.5. The zero-order valence-electron chi connectivity index (χ0n) is 11.2. The number of rotatable bonds is 2. The molecule has 0 saturated heterocycles. The molecule has 0 heterocycles. The minimum absolute atomic E-state index is 0.558. The Hall–Kier alpha value is -1.58. The molecule has 0 aliphatic heterocycles. The average molecular weight is 224 g/mol. The van der Waals surface area contributed by atoms with Crippen molar-refractivity contribution in [1.82, 2.24) is 9.80 Å². The van der Waals surface area contributed by atoms with Crippen LogP contribution in [0.5, 0.6) is 0 Å². The summed E-state index contributed by atoms with van der Waals surface area (Å²) in [7, 11) is 3.70. The van der Waals surface area contributed by atoms with Gasteiger partial charge in [0.2, 0.25) is 0 Å². The highest BCUT2D eigenvalue weighted by Gasteiger charge is 1.87. The van der Waals surface area contributed by atoms with Gasteiger partial charge in [-0.25, -0.2) is 0 Å². The zero-order chi connectivity index (χ0) is 13.1. The quantitative estimate of drug-likeness (QED) is 0.559. The van der Waals surface area contributed by atoms with Crippen molar-refractivity contribution in [2.45, 2.75) is 27.7 Å². The Balaban J connectivity index is 0. The molecule has 4 nitrogen and oxygen atoms in total. The van der Waals surface area contributed by atoms with E-state index in [4.69, 9.17) is 10.8 Å². The molecule has 0 aromatic heterocycles. The fraction of sp³-hybridized carbons (Fsp3) is 0.500. The lowest BCUT2D eigenvalue weighted by Gasteiger charge is -2.09. The minimum Gasteiger partial charge on any atom is -0.341 e. The van der Waals surface area contributed by atoms with Crippen molar-refractivity contribution in [3.63, 3.8) is 0 Å². The maximum absolute atomic E-state index is 7.08. The van der Waals surface area contributed by atoms with E-state index in [1.807, 2.05) is 52.5 Å². The smallest absolute Gasteiger partial charge is 0.0963 e. The third-order valence-corrected chi connectivity index (χ3v) is 1.80. The molecule has 16 heavy (non-hydrogen) atoms. The number of nitrogens with one attached hydrogen (secondary N) is 2. The van der Waals surface area contributed by atoms with Crippen LogP contribution >= 0.6 is 0 Å². The molecule has 0 aliphatic rings. The van der Waals surface area contributed by atoms with Crippen LogP contribution in [-0.4, -0.2) is 35.6 Å². The molecule has 0 rings (SSSR count). The Morgan fingerprint density at radius 3 is 1.12 bits per heavy atom. The molecule has 92 valence electrons. The second-order valence-corrected chi connectivity index (χ2v) is 3.36. The molecule has 4 heteroatoms. The maximum Gasteiger partial charge on any atom is 0.0963 e. The van der Waals surface area contributed by atoms with E-state index in [0.717, 1.165) is 0 Å². The van der Waals surface area contributed by atoms with Crippen LogP contribution < -0.4 is 0 Å². The molecule has 0 aromatic carbocycles. The molecule has 0 saturated carbocycles. The van der Waals surface area contributed by atoms with Gasteiger partial charge < -0.3 is 9.80 Å². The summed E-state index contributed by atoms with van der Waals surface area (Å²) >= 11 is 0. The van der Waals surface area contributed by atoms with Gasteiger partial charge in [0, 0.05) is 26.5 Å². The van der Waals surface area contributed by atoms with Crippen LogP contribution in [0.3, 0.4) is 0 Å². The van der Waals surface area contributed by atoms with Gasteiger partial charge in [0.1, 0.15) is 0 Å². The van der Waals surface area contributed by atoms with E-state index < -0.39 is 0 Å². The van der Waals surface area contributed by atoms with Crippen molar-refractivity contribution < 1.29 is 0 Å².